The molecule has 26 heavy (non-hydrogen) atoms. The molecule has 0 aliphatic heterocycles. The second kappa shape index (κ2) is 6.57. The van der Waals surface area contributed by atoms with Crippen LogP contribution in [0.25, 0.3) is 27.4 Å². The van der Waals surface area contributed by atoms with Crippen LogP contribution in [0.2, 0.25) is 0 Å². The lowest BCUT2D eigenvalue weighted by Gasteiger charge is -2.08. The Bertz CT molecular complexity index is 1090. The molecule has 0 unspecified atom stereocenters. The van der Waals surface area contributed by atoms with Crippen molar-refractivity contribution in [2.45, 2.75) is 6.54 Å². The van der Waals surface area contributed by atoms with Crippen LogP contribution in [0.15, 0.2) is 71.7 Å². The lowest BCUT2D eigenvalue weighted by atomic mass is 10.1. The Kier molecular flexibility index (Phi) is 3.96. The van der Waals surface area contributed by atoms with E-state index in [0.717, 1.165) is 22.5 Å². The summed E-state index contributed by atoms with van der Waals surface area (Å²) in [7, 11) is 0. The zero-order valence-corrected chi connectivity index (χ0v) is 13.8. The van der Waals surface area contributed by atoms with Gasteiger partial charge in [0.25, 0.3) is 0 Å². The van der Waals surface area contributed by atoms with Crippen molar-refractivity contribution in [3.05, 3.63) is 77.6 Å². The van der Waals surface area contributed by atoms with Crippen LogP contribution in [0.5, 0.6) is 5.75 Å². The van der Waals surface area contributed by atoms with Crippen molar-refractivity contribution in [1.82, 2.24) is 14.7 Å². The monoisotopic (exact) mass is 343 g/mol. The molecule has 2 heterocycles. The summed E-state index contributed by atoms with van der Waals surface area (Å²) in [4.78, 5) is 8.28. The number of phenols is 1. The molecule has 0 radical (unpaired) electrons. The van der Waals surface area contributed by atoms with Crippen molar-refractivity contribution in [1.29, 1.82) is 0 Å². The fraction of sp³-hybridized carbons (Fsp3) is 0.0500. The molecule has 2 aromatic heterocycles. The minimum Gasteiger partial charge on any atom is -0.508 e. The van der Waals surface area contributed by atoms with E-state index in [0.29, 0.717) is 17.9 Å². The number of aromatic nitrogens is 3. The molecular weight excluding hydrogens is 328 g/mol. The zero-order chi connectivity index (χ0) is 17.9. The first-order chi connectivity index (χ1) is 12.8. The number of benzene rings is 2. The highest BCUT2D eigenvalue weighted by molar-refractivity contribution is 5.84. The van der Waals surface area contributed by atoms with Crippen LogP contribution >= 0.6 is 0 Å². The van der Waals surface area contributed by atoms with Gasteiger partial charge in [-0.05, 0) is 17.7 Å². The average molecular weight is 343 g/mol. The first-order valence-corrected chi connectivity index (χ1v) is 8.00. The molecule has 0 spiro atoms. The van der Waals surface area contributed by atoms with Crippen LogP contribution in [-0.2, 0) is 6.54 Å². The number of rotatable bonds is 4. The molecule has 0 atom stereocenters. The quantitative estimate of drug-likeness (QED) is 0.590. The third-order valence-corrected chi connectivity index (χ3v) is 4.08. The molecule has 2 aromatic carbocycles. The Morgan fingerprint density at radius 3 is 2.73 bits per heavy atom. The van der Waals surface area contributed by atoms with Gasteiger partial charge in [-0.15, -0.1) is 0 Å². The summed E-state index contributed by atoms with van der Waals surface area (Å²) in [6.45, 7) is 5.96. The molecule has 0 saturated carbocycles. The van der Waals surface area contributed by atoms with Gasteiger partial charge in [-0.25, -0.2) is 4.98 Å². The highest BCUT2D eigenvalue weighted by Crippen LogP contribution is 2.36. The Balaban J connectivity index is 1.87. The molecule has 0 fully saturated rings. The van der Waals surface area contributed by atoms with Gasteiger partial charge < -0.3 is 9.67 Å². The second-order valence-corrected chi connectivity index (χ2v) is 5.79. The van der Waals surface area contributed by atoms with Gasteiger partial charge in [0.05, 0.1) is 17.7 Å². The van der Waals surface area contributed by atoms with Crippen molar-refractivity contribution in [2.75, 3.05) is 0 Å². The first-order valence-electron chi connectivity index (χ1n) is 8.00. The van der Waals surface area contributed by atoms with E-state index in [9.17, 15) is 5.11 Å². The lowest BCUT2D eigenvalue weighted by molar-refractivity contribution is 0.424. The van der Waals surface area contributed by atoms with Crippen LogP contribution in [0.1, 0.15) is 5.56 Å². The molecule has 6 nitrogen and oxygen atoms in total. The summed E-state index contributed by atoms with van der Waals surface area (Å²) in [5.41, 5.74) is 4.13. The fourth-order valence-corrected chi connectivity index (χ4v) is 2.93. The van der Waals surface area contributed by atoms with Crippen LogP contribution in [0, 0.1) is 6.57 Å². The van der Waals surface area contributed by atoms with E-state index >= 15 is 0 Å². The van der Waals surface area contributed by atoms with Gasteiger partial charge in [0.1, 0.15) is 12.3 Å². The largest absolute Gasteiger partial charge is 0.508 e. The topological polar surface area (TPSA) is 68.4 Å². The molecule has 4 aromatic rings. The molecule has 0 amide bonds. The van der Waals surface area contributed by atoms with E-state index in [1.165, 1.54) is 6.26 Å². The Morgan fingerprint density at radius 2 is 1.96 bits per heavy atom. The summed E-state index contributed by atoms with van der Waals surface area (Å²) in [5.74, 6) is 0.523. The Hall–Kier alpha value is -3.85. The minimum atomic E-state index is 0.218. The third-order valence-electron chi connectivity index (χ3n) is 4.08. The summed E-state index contributed by atoms with van der Waals surface area (Å²) in [6, 6.07) is 16.9. The van der Waals surface area contributed by atoms with E-state index in [4.69, 9.17) is 11.1 Å². The highest BCUT2D eigenvalue weighted by Gasteiger charge is 2.26. The molecule has 0 bridgehead atoms. The predicted molar refractivity (Wildman–Crippen MR) is 98.3 cm³/mol. The minimum absolute atomic E-state index is 0.218. The lowest BCUT2D eigenvalue weighted by Crippen LogP contribution is -2.00. The summed E-state index contributed by atoms with van der Waals surface area (Å²) in [5, 5.41) is 13.6. The van der Waals surface area contributed by atoms with Gasteiger partial charge in [0.2, 0.25) is 0 Å². The third kappa shape index (κ3) is 2.82. The van der Waals surface area contributed by atoms with Crippen molar-refractivity contribution in [3.8, 4) is 34.8 Å². The smallest absolute Gasteiger partial charge is 0.481 e. The maximum Gasteiger partial charge on any atom is 0.481 e. The van der Waals surface area contributed by atoms with Gasteiger partial charge in [-0.2, -0.15) is 4.85 Å². The van der Waals surface area contributed by atoms with Crippen molar-refractivity contribution >= 4 is 5.82 Å². The number of hydrogen-bond donors (Lipinski definition) is 1. The second-order valence-electron chi connectivity index (χ2n) is 5.79. The van der Waals surface area contributed by atoms with E-state index in [1.807, 2.05) is 41.0 Å². The van der Waals surface area contributed by atoms with Crippen molar-refractivity contribution in [3.63, 3.8) is 0 Å². The number of nitrogens with zero attached hydrogens (tertiary/aromatic N) is 4. The van der Waals surface area contributed by atoms with Gasteiger partial charge >= 0.3 is 5.82 Å². The standard InChI is InChI=1S/C20H14N4O2/c1-21-20-17(12-26-23-20)19-18(15-7-3-2-4-8-15)22-13-24(19)11-14-6-5-9-16(25)10-14/h1-10,12-13H,11H2/p+1. The zero-order valence-electron chi connectivity index (χ0n) is 13.8. The Morgan fingerprint density at radius 1 is 1.12 bits per heavy atom. The maximum absolute atomic E-state index is 9.73. The molecule has 4 rings (SSSR count). The van der Waals surface area contributed by atoms with Crippen molar-refractivity contribution in [2.24, 2.45) is 0 Å². The SMILES string of the molecule is C#[N+]c1nocc1-c1c(-c2ccccc2)ncn1Cc1cccc(O)c1. The number of hydrogen-bond acceptors (Lipinski definition) is 4. The van der Waals surface area contributed by atoms with Gasteiger partial charge in [0, 0.05) is 12.1 Å². The van der Waals surface area contributed by atoms with Gasteiger partial charge in [0.15, 0.2) is 17.0 Å². The van der Waals surface area contributed by atoms with Gasteiger partial charge in [-0.1, -0.05) is 42.5 Å². The van der Waals surface area contributed by atoms with E-state index in [1.54, 1.807) is 24.5 Å². The van der Waals surface area contributed by atoms with E-state index in [2.05, 4.69) is 15.0 Å². The molecular formula is C20H15N4O2+. The first kappa shape index (κ1) is 15.7. The van der Waals surface area contributed by atoms with Crippen LogP contribution in [0.3, 0.4) is 0 Å². The highest BCUT2D eigenvalue weighted by atomic mass is 16.5. The number of aromatic hydroxyl groups is 1. The van der Waals surface area contributed by atoms with E-state index < -0.39 is 0 Å². The van der Waals surface area contributed by atoms with Crippen LogP contribution in [0.4, 0.5) is 5.82 Å². The van der Waals surface area contributed by atoms with Gasteiger partial charge in [-0.3, -0.25) is 4.52 Å². The summed E-state index contributed by atoms with van der Waals surface area (Å²) >= 11 is 0. The average Bonchev–Trinajstić information content (AvgIpc) is 3.28. The Labute approximate surface area is 149 Å². The molecule has 0 aliphatic rings. The molecule has 126 valence electrons. The molecule has 0 aliphatic carbocycles. The summed E-state index contributed by atoms with van der Waals surface area (Å²) in [6.07, 6.45) is 3.25. The molecule has 6 heteroatoms. The van der Waals surface area contributed by atoms with Crippen LogP contribution < -0.4 is 0 Å². The number of imidazole rings is 1. The summed E-state index contributed by atoms with van der Waals surface area (Å²) < 4.78 is 7.03. The molecule has 0 saturated heterocycles. The maximum atomic E-state index is 9.73. The molecule has 1 N–H and O–H groups in total. The normalized spacial score (nSPS) is 10.6. The van der Waals surface area contributed by atoms with Crippen LogP contribution in [-0.4, -0.2) is 19.8 Å². The van der Waals surface area contributed by atoms with Crippen molar-refractivity contribution < 1.29 is 9.63 Å². The fourth-order valence-electron chi connectivity index (χ4n) is 2.93. The van der Waals surface area contributed by atoms with E-state index in [-0.39, 0.29) is 5.75 Å². The number of phenolic OH excluding ortho intramolecular Hbond substituents is 1. The predicted octanol–water partition coefficient (Wildman–Crippen LogP) is 4.55.